The van der Waals surface area contributed by atoms with E-state index < -0.39 is 16.8 Å². The van der Waals surface area contributed by atoms with Gasteiger partial charge in [-0.25, -0.2) is 0 Å². The number of ether oxygens (including phenoxy) is 3. The number of esters is 1. The zero-order chi connectivity index (χ0) is 14.5. The molecule has 1 unspecified atom stereocenters. The number of hydrogen-bond acceptors (Lipinski definition) is 5. The molecule has 0 amide bonds. The summed E-state index contributed by atoms with van der Waals surface area (Å²) in [7, 11) is -1.44. The highest BCUT2D eigenvalue weighted by Crippen LogP contribution is 2.31. The van der Waals surface area contributed by atoms with Crippen LogP contribution in [0.15, 0.2) is 23.1 Å². The third-order valence-corrected chi connectivity index (χ3v) is 3.88. The summed E-state index contributed by atoms with van der Waals surface area (Å²) in [6.45, 7) is 4.69. The van der Waals surface area contributed by atoms with Crippen LogP contribution in [0.5, 0.6) is 11.5 Å². The fourth-order valence-electron chi connectivity index (χ4n) is 1.77. The Hall–Kier alpha value is -1.56. The van der Waals surface area contributed by atoms with Gasteiger partial charge in [0.15, 0.2) is 11.5 Å². The van der Waals surface area contributed by atoms with Gasteiger partial charge in [-0.2, -0.15) is 0 Å². The second kappa shape index (κ2) is 6.74. The minimum absolute atomic E-state index is 0.155. The van der Waals surface area contributed by atoms with E-state index in [4.69, 9.17) is 14.2 Å². The first-order valence-corrected chi connectivity index (χ1v) is 7.85. The molecule has 1 aromatic rings. The summed E-state index contributed by atoms with van der Waals surface area (Å²) in [5, 5.41) is 0. The molecule has 0 fully saturated rings. The van der Waals surface area contributed by atoms with Gasteiger partial charge in [-0.15, -0.1) is 0 Å². The summed E-state index contributed by atoms with van der Waals surface area (Å²) >= 11 is 0. The van der Waals surface area contributed by atoms with Gasteiger partial charge in [0.25, 0.3) is 0 Å². The lowest BCUT2D eigenvalue weighted by atomic mass is 10.3. The zero-order valence-corrected chi connectivity index (χ0v) is 12.4. The van der Waals surface area contributed by atoms with Crippen molar-refractivity contribution in [3.63, 3.8) is 0 Å². The maximum atomic E-state index is 12.1. The maximum absolute atomic E-state index is 12.1. The third-order valence-electron chi connectivity index (χ3n) is 2.60. The van der Waals surface area contributed by atoms with Crippen LogP contribution in [0.3, 0.4) is 0 Å². The smallest absolute Gasteiger partial charge is 0.319 e. The molecule has 6 heteroatoms. The van der Waals surface area contributed by atoms with E-state index in [2.05, 4.69) is 0 Å². The predicted molar refractivity (Wildman–Crippen MR) is 74.6 cm³/mol. The lowest BCUT2D eigenvalue weighted by molar-refractivity contribution is -0.144. The highest BCUT2D eigenvalue weighted by atomic mass is 32.2. The molecular formula is C14H18O5S. The Bertz CT molecular complexity index is 512. The second-order valence-electron chi connectivity index (χ2n) is 4.69. The first-order chi connectivity index (χ1) is 9.56. The first kappa shape index (κ1) is 14.8. The molecule has 0 spiro atoms. The monoisotopic (exact) mass is 298 g/mol. The summed E-state index contributed by atoms with van der Waals surface area (Å²) < 4.78 is 28.1. The van der Waals surface area contributed by atoms with E-state index in [-0.39, 0.29) is 11.9 Å². The van der Waals surface area contributed by atoms with Crippen molar-refractivity contribution in [2.45, 2.75) is 31.3 Å². The van der Waals surface area contributed by atoms with Gasteiger partial charge in [0, 0.05) is 17.4 Å². The Kier molecular flexibility index (Phi) is 5.00. The fraction of sp³-hybridized carbons (Fsp3) is 0.500. The number of hydrogen-bond donors (Lipinski definition) is 0. The average molecular weight is 298 g/mol. The molecule has 1 atom stereocenters. The summed E-state index contributed by atoms with van der Waals surface area (Å²) in [5.74, 6) is 0.599. The van der Waals surface area contributed by atoms with E-state index in [0.29, 0.717) is 29.6 Å². The minimum Gasteiger partial charge on any atom is -0.490 e. The molecule has 1 aromatic carbocycles. The Labute approximate surface area is 120 Å². The number of rotatable bonds is 4. The Balaban J connectivity index is 2.07. The SMILES string of the molecule is CC(C)OC(=O)CS(=O)c1ccc2c(c1)OCCCO2. The molecule has 0 bridgehead atoms. The van der Waals surface area contributed by atoms with Crippen LogP contribution in [0, 0.1) is 0 Å². The molecule has 0 aromatic heterocycles. The van der Waals surface area contributed by atoms with Crippen molar-refractivity contribution >= 4 is 16.8 Å². The highest BCUT2D eigenvalue weighted by Gasteiger charge is 2.16. The summed E-state index contributed by atoms with van der Waals surface area (Å²) in [6, 6.07) is 5.08. The van der Waals surface area contributed by atoms with E-state index in [1.165, 1.54) is 0 Å². The summed E-state index contributed by atoms with van der Waals surface area (Å²) in [5.41, 5.74) is 0. The van der Waals surface area contributed by atoms with Crippen LogP contribution >= 0.6 is 0 Å². The normalized spacial score (nSPS) is 15.6. The summed E-state index contributed by atoms with van der Waals surface area (Å²) in [4.78, 5) is 12.0. The zero-order valence-electron chi connectivity index (χ0n) is 11.6. The van der Waals surface area contributed by atoms with Crippen LogP contribution in [0.1, 0.15) is 20.3 Å². The van der Waals surface area contributed by atoms with E-state index in [1.807, 2.05) is 0 Å². The largest absolute Gasteiger partial charge is 0.490 e. The molecular weight excluding hydrogens is 280 g/mol. The van der Waals surface area contributed by atoms with Gasteiger partial charge in [0.05, 0.1) is 30.1 Å². The molecule has 2 rings (SSSR count). The molecule has 0 N–H and O–H groups in total. The predicted octanol–water partition coefficient (Wildman–Crippen LogP) is 1.91. The number of fused-ring (bicyclic) bond motifs is 1. The number of carbonyl (C=O) groups is 1. The molecule has 110 valence electrons. The first-order valence-electron chi connectivity index (χ1n) is 6.54. The molecule has 1 aliphatic heterocycles. The molecule has 0 radical (unpaired) electrons. The van der Waals surface area contributed by atoms with Gasteiger partial charge >= 0.3 is 5.97 Å². The number of carbonyl (C=O) groups excluding carboxylic acids is 1. The van der Waals surface area contributed by atoms with Gasteiger partial charge < -0.3 is 14.2 Å². The third kappa shape index (κ3) is 3.96. The van der Waals surface area contributed by atoms with Crippen LogP contribution in [-0.2, 0) is 20.3 Å². The Morgan fingerprint density at radius 2 is 2.00 bits per heavy atom. The highest BCUT2D eigenvalue weighted by molar-refractivity contribution is 7.85. The lowest BCUT2D eigenvalue weighted by Gasteiger charge is -2.10. The van der Waals surface area contributed by atoms with E-state index in [1.54, 1.807) is 32.0 Å². The van der Waals surface area contributed by atoms with E-state index >= 15 is 0 Å². The van der Waals surface area contributed by atoms with E-state index in [0.717, 1.165) is 6.42 Å². The van der Waals surface area contributed by atoms with Crippen LogP contribution in [-0.4, -0.2) is 35.2 Å². The Morgan fingerprint density at radius 1 is 1.30 bits per heavy atom. The topological polar surface area (TPSA) is 61.8 Å². The fourth-order valence-corrected chi connectivity index (χ4v) is 2.68. The molecule has 0 aliphatic carbocycles. The molecule has 1 heterocycles. The van der Waals surface area contributed by atoms with Crippen LogP contribution in [0.25, 0.3) is 0 Å². The van der Waals surface area contributed by atoms with Crippen molar-refractivity contribution in [1.82, 2.24) is 0 Å². The average Bonchev–Trinajstić information content (AvgIpc) is 2.61. The van der Waals surface area contributed by atoms with Gasteiger partial charge in [0.2, 0.25) is 0 Å². The summed E-state index contributed by atoms with van der Waals surface area (Å²) in [6.07, 6.45) is 0.608. The van der Waals surface area contributed by atoms with E-state index in [9.17, 15) is 9.00 Å². The lowest BCUT2D eigenvalue weighted by Crippen LogP contribution is -2.18. The van der Waals surface area contributed by atoms with Crippen molar-refractivity contribution in [2.75, 3.05) is 19.0 Å². The molecule has 5 nitrogen and oxygen atoms in total. The van der Waals surface area contributed by atoms with Crippen molar-refractivity contribution in [3.8, 4) is 11.5 Å². The van der Waals surface area contributed by atoms with Crippen molar-refractivity contribution < 1.29 is 23.2 Å². The van der Waals surface area contributed by atoms with Gasteiger partial charge in [-0.3, -0.25) is 9.00 Å². The van der Waals surface area contributed by atoms with Crippen LogP contribution in [0.2, 0.25) is 0 Å². The van der Waals surface area contributed by atoms with Gasteiger partial charge in [-0.1, -0.05) is 0 Å². The molecule has 0 saturated heterocycles. The van der Waals surface area contributed by atoms with Crippen LogP contribution < -0.4 is 9.47 Å². The minimum atomic E-state index is -1.44. The number of benzene rings is 1. The van der Waals surface area contributed by atoms with Crippen molar-refractivity contribution in [1.29, 1.82) is 0 Å². The van der Waals surface area contributed by atoms with Crippen molar-refractivity contribution in [3.05, 3.63) is 18.2 Å². The quantitative estimate of drug-likeness (QED) is 0.795. The van der Waals surface area contributed by atoms with Gasteiger partial charge in [-0.05, 0) is 26.0 Å². The maximum Gasteiger partial charge on any atom is 0.319 e. The van der Waals surface area contributed by atoms with Crippen molar-refractivity contribution in [2.24, 2.45) is 0 Å². The Morgan fingerprint density at radius 3 is 2.70 bits per heavy atom. The van der Waals surface area contributed by atoms with Gasteiger partial charge in [0.1, 0.15) is 5.75 Å². The molecule has 1 aliphatic rings. The molecule has 20 heavy (non-hydrogen) atoms. The van der Waals surface area contributed by atoms with Crippen LogP contribution in [0.4, 0.5) is 0 Å². The second-order valence-corrected chi connectivity index (χ2v) is 6.14. The standard InChI is InChI=1S/C14H18O5S/c1-10(2)19-14(15)9-20(16)11-4-5-12-13(8-11)18-7-3-6-17-12/h4-5,8,10H,3,6-7,9H2,1-2H3. The molecule has 0 saturated carbocycles.